The van der Waals surface area contributed by atoms with Gasteiger partial charge in [0.1, 0.15) is 0 Å². The third kappa shape index (κ3) is 2.31. The van der Waals surface area contributed by atoms with Crippen LogP contribution in [0.25, 0.3) is 10.9 Å². The van der Waals surface area contributed by atoms with E-state index in [1.54, 1.807) is 14.2 Å². The van der Waals surface area contributed by atoms with Gasteiger partial charge in [0.15, 0.2) is 11.5 Å². The molecule has 4 rings (SSSR count). The monoisotopic (exact) mass is 320 g/mol. The first-order valence-electron chi connectivity index (χ1n) is 8.14. The summed E-state index contributed by atoms with van der Waals surface area (Å²) < 4.78 is 11.1. The van der Waals surface area contributed by atoms with Gasteiger partial charge >= 0.3 is 0 Å². The highest BCUT2D eigenvalue weighted by atomic mass is 16.5. The third-order valence-electron chi connectivity index (χ3n) is 4.71. The third-order valence-corrected chi connectivity index (χ3v) is 4.71. The molecule has 4 heteroatoms. The Hall–Kier alpha value is -2.59. The molecule has 122 valence electrons. The molecule has 4 nitrogen and oxygen atoms in total. The van der Waals surface area contributed by atoms with Gasteiger partial charge in [-0.3, -0.25) is 4.98 Å². The topological polar surface area (TPSA) is 43.4 Å². The molecule has 1 aliphatic rings. The van der Waals surface area contributed by atoms with Crippen molar-refractivity contribution in [3.05, 3.63) is 65.4 Å². The Balaban J connectivity index is 1.91. The number of hydrogen-bond donors (Lipinski definition) is 1. The van der Waals surface area contributed by atoms with E-state index < -0.39 is 0 Å². The summed E-state index contributed by atoms with van der Waals surface area (Å²) in [6, 6.07) is 14.6. The van der Waals surface area contributed by atoms with Gasteiger partial charge in [-0.25, -0.2) is 0 Å². The highest BCUT2D eigenvalue weighted by molar-refractivity contribution is 5.83. The highest BCUT2D eigenvalue weighted by Gasteiger charge is 2.26. The number of fused-ring (bicyclic) bond motifs is 2. The Morgan fingerprint density at radius 3 is 2.71 bits per heavy atom. The number of rotatable bonds is 3. The molecule has 1 N–H and O–H groups in total. The summed E-state index contributed by atoms with van der Waals surface area (Å²) in [5.74, 6) is 1.64. The van der Waals surface area contributed by atoms with Gasteiger partial charge in [-0.05, 0) is 35.7 Å². The molecule has 1 atom stereocenters. The van der Waals surface area contributed by atoms with Crippen LogP contribution in [0.5, 0.6) is 11.5 Å². The van der Waals surface area contributed by atoms with Gasteiger partial charge < -0.3 is 14.8 Å². The zero-order valence-electron chi connectivity index (χ0n) is 13.9. The van der Waals surface area contributed by atoms with Crippen molar-refractivity contribution in [2.24, 2.45) is 0 Å². The van der Waals surface area contributed by atoms with Gasteiger partial charge in [-0.15, -0.1) is 0 Å². The summed E-state index contributed by atoms with van der Waals surface area (Å²) in [5.41, 5.74) is 4.73. The number of hydrogen-bond acceptors (Lipinski definition) is 4. The number of aromatic nitrogens is 1. The molecule has 3 aromatic rings. The minimum atomic E-state index is 0.126. The number of methoxy groups -OCH3 is 2. The maximum Gasteiger partial charge on any atom is 0.164 e. The lowest BCUT2D eigenvalue weighted by molar-refractivity contribution is 0.348. The molecule has 0 spiro atoms. The van der Waals surface area contributed by atoms with E-state index in [2.05, 4.69) is 40.6 Å². The first kappa shape index (κ1) is 15.0. The second-order valence-corrected chi connectivity index (χ2v) is 5.92. The maximum absolute atomic E-state index is 5.64. The zero-order chi connectivity index (χ0) is 16.5. The van der Waals surface area contributed by atoms with Crippen LogP contribution in [0.1, 0.15) is 22.7 Å². The van der Waals surface area contributed by atoms with E-state index in [9.17, 15) is 0 Å². The fraction of sp³-hybridized carbons (Fsp3) is 0.250. The number of pyridine rings is 1. The van der Waals surface area contributed by atoms with Crippen LogP contribution in [0.3, 0.4) is 0 Å². The average molecular weight is 320 g/mol. The van der Waals surface area contributed by atoms with Crippen LogP contribution in [0.15, 0.2) is 48.7 Å². The Kier molecular flexibility index (Phi) is 3.82. The Morgan fingerprint density at radius 1 is 1.00 bits per heavy atom. The maximum atomic E-state index is 5.64. The summed E-state index contributed by atoms with van der Waals surface area (Å²) in [5, 5.41) is 4.83. The van der Waals surface area contributed by atoms with Crippen LogP contribution in [-0.2, 0) is 6.42 Å². The van der Waals surface area contributed by atoms with Crippen molar-refractivity contribution in [1.82, 2.24) is 10.3 Å². The SMILES string of the molecule is COc1ccc2c(c1OC)CCNC2c1ccnc2ccccc12. The van der Waals surface area contributed by atoms with Crippen molar-refractivity contribution in [3.63, 3.8) is 0 Å². The average Bonchev–Trinajstić information content (AvgIpc) is 2.66. The van der Waals surface area contributed by atoms with Gasteiger partial charge in [0.25, 0.3) is 0 Å². The number of ether oxygens (including phenoxy) is 2. The van der Waals surface area contributed by atoms with Crippen molar-refractivity contribution in [3.8, 4) is 11.5 Å². The minimum absolute atomic E-state index is 0.126. The van der Waals surface area contributed by atoms with Gasteiger partial charge in [0.2, 0.25) is 0 Å². The Bertz CT molecular complexity index is 887. The van der Waals surface area contributed by atoms with Gasteiger partial charge in [-0.2, -0.15) is 0 Å². The molecule has 0 aliphatic carbocycles. The molecular formula is C20H20N2O2. The standard InChI is InChI=1S/C20H20N2O2/c1-23-18-8-7-14-16(20(18)24-2)10-12-22-19(14)15-9-11-21-17-6-4-3-5-13(15)17/h3-9,11,19,22H,10,12H2,1-2H3. The fourth-order valence-corrected chi connectivity index (χ4v) is 3.63. The number of para-hydroxylation sites is 1. The van der Waals surface area contributed by atoms with Crippen LogP contribution in [0.2, 0.25) is 0 Å². The van der Waals surface area contributed by atoms with E-state index in [0.717, 1.165) is 30.0 Å². The summed E-state index contributed by atoms with van der Waals surface area (Å²) in [6.07, 6.45) is 2.81. The number of benzene rings is 2. The van der Waals surface area contributed by atoms with E-state index in [-0.39, 0.29) is 6.04 Å². The largest absolute Gasteiger partial charge is 0.493 e. The molecule has 0 amide bonds. The molecule has 2 heterocycles. The molecule has 0 saturated heterocycles. The second kappa shape index (κ2) is 6.13. The zero-order valence-corrected chi connectivity index (χ0v) is 13.9. The predicted octanol–water partition coefficient (Wildman–Crippen LogP) is 3.49. The minimum Gasteiger partial charge on any atom is -0.493 e. The molecule has 1 aromatic heterocycles. The summed E-state index contributed by atoms with van der Waals surface area (Å²) in [6.45, 7) is 0.901. The smallest absolute Gasteiger partial charge is 0.164 e. The number of nitrogens with one attached hydrogen (secondary N) is 1. The molecular weight excluding hydrogens is 300 g/mol. The van der Waals surface area contributed by atoms with Crippen LogP contribution < -0.4 is 14.8 Å². The molecule has 24 heavy (non-hydrogen) atoms. The van der Waals surface area contributed by atoms with Crippen LogP contribution in [0, 0.1) is 0 Å². The number of nitrogens with zero attached hydrogens (tertiary/aromatic N) is 1. The lowest BCUT2D eigenvalue weighted by atomic mass is 9.87. The molecule has 0 fully saturated rings. The summed E-state index contributed by atoms with van der Waals surface area (Å²) in [4.78, 5) is 4.48. The molecule has 1 unspecified atom stereocenters. The van der Waals surface area contributed by atoms with Crippen LogP contribution in [0.4, 0.5) is 0 Å². The van der Waals surface area contributed by atoms with Gasteiger partial charge in [-0.1, -0.05) is 24.3 Å². The predicted molar refractivity (Wildman–Crippen MR) is 94.8 cm³/mol. The lowest BCUT2D eigenvalue weighted by Crippen LogP contribution is -2.31. The summed E-state index contributed by atoms with van der Waals surface area (Å²) >= 11 is 0. The van der Waals surface area contributed by atoms with Crippen molar-refractivity contribution < 1.29 is 9.47 Å². The first-order valence-corrected chi connectivity index (χ1v) is 8.14. The Morgan fingerprint density at radius 2 is 1.88 bits per heavy atom. The van der Waals surface area contributed by atoms with E-state index in [1.165, 1.54) is 22.1 Å². The molecule has 0 radical (unpaired) electrons. The molecule has 1 aliphatic heterocycles. The Labute approximate surface area is 141 Å². The second-order valence-electron chi connectivity index (χ2n) is 5.92. The van der Waals surface area contributed by atoms with E-state index >= 15 is 0 Å². The molecule has 0 saturated carbocycles. The van der Waals surface area contributed by atoms with Crippen molar-refractivity contribution in [2.75, 3.05) is 20.8 Å². The normalized spacial score (nSPS) is 16.7. The van der Waals surface area contributed by atoms with Crippen molar-refractivity contribution in [1.29, 1.82) is 0 Å². The van der Waals surface area contributed by atoms with E-state index in [1.807, 2.05) is 18.3 Å². The van der Waals surface area contributed by atoms with Gasteiger partial charge in [0, 0.05) is 23.7 Å². The highest BCUT2D eigenvalue weighted by Crippen LogP contribution is 2.40. The van der Waals surface area contributed by atoms with E-state index in [4.69, 9.17) is 9.47 Å². The quantitative estimate of drug-likeness (QED) is 0.802. The fourth-order valence-electron chi connectivity index (χ4n) is 3.63. The van der Waals surface area contributed by atoms with Crippen molar-refractivity contribution >= 4 is 10.9 Å². The first-order chi connectivity index (χ1) is 11.8. The van der Waals surface area contributed by atoms with Crippen molar-refractivity contribution in [2.45, 2.75) is 12.5 Å². The van der Waals surface area contributed by atoms with Crippen LogP contribution >= 0.6 is 0 Å². The van der Waals surface area contributed by atoms with Crippen LogP contribution in [-0.4, -0.2) is 25.7 Å². The van der Waals surface area contributed by atoms with Gasteiger partial charge in [0.05, 0.1) is 25.8 Å². The lowest BCUT2D eigenvalue weighted by Gasteiger charge is -2.30. The summed E-state index contributed by atoms with van der Waals surface area (Å²) in [7, 11) is 3.39. The van der Waals surface area contributed by atoms with E-state index in [0.29, 0.717) is 0 Å². The molecule has 2 aromatic carbocycles. The molecule has 0 bridgehead atoms.